The van der Waals surface area contributed by atoms with Gasteiger partial charge in [0.25, 0.3) is 5.91 Å². The van der Waals surface area contributed by atoms with Crippen LogP contribution in [0.15, 0.2) is 48.5 Å². The Morgan fingerprint density at radius 2 is 1.83 bits per heavy atom. The van der Waals surface area contributed by atoms with Crippen molar-refractivity contribution >= 4 is 28.8 Å². The number of halogens is 1. The maximum absolute atomic E-state index is 13.0. The first-order valence-electron chi connectivity index (χ1n) is 9.48. The lowest BCUT2D eigenvalue weighted by atomic mass is 10.1. The summed E-state index contributed by atoms with van der Waals surface area (Å²) in [6, 6.07) is 11.6. The molecule has 1 heterocycles. The summed E-state index contributed by atoms with van der Waals surface area (Å²) in [6.45, 7) is 0.290. The Kier molecular flexibility index (Phi) is 6.74. The van der Waals surface area contributed by atoms with E-state index in [2.05, 4.69) is 20.6 Å². The zero-order valence-corrected chi connectivity index (χ0v) is 16.2. The van der Waals surface area contributed by atoms with Crippen LogP contribution in [0.5, 0.6) is 0 Å². The van der Waals surface area contributed by atoms with E-state index in [-0.39, 0.29) is 24.9 Å². The molecule has 1 atom stereocenters. The number of rotatable bonds is 9. The lowest BCUT2D eigenvalue weighted by Crippen LogP contribution is -2.47. The van der Waals surface area contributed by atoms with Crippen LogP contribution in [0.2, 0.25) is 0 Å². The number of amides is 3. The fourth-order valence-electron chi connectivity index (χ4n) is 2.95. The van der Waals surface area contributed by atoms with E-state index < -0.39 is 29.6 Å². The molecule has 0 radical (unpaired) electrons. The van der Waals surface area contributed by atoms with Crippen molar-refractivity contribution in [2.75, 3.05) is 6.54 Å². The molecule has 0 saturated carbocycles. The lowest BCUT2D eigenvalue weighted by molar-refractivity contribution is -0.123. The van der Waals surface area contributed by atoms with Crippen molar-refractivity contribution < 1.29 is 18.8 Å². The van der Waals surface area contributed by atoms with E-state index in [0.29, 0.717) is 6.42 Å². The van der Waals surface area contributed by atoms with Crippen molar-refractivity contribution in [3.8, 4) is 0 Å². The van der Waals surface area contributed by atoms with Crippen LogP contribution in [0.25, 0.3) is 11.0 Å². The average molecular weight is 411 g/mol. The topological polar surface area (TPSA) is 130 Å². The molecule has 0 saturated heterocycles. The number of carbonyl (C=O) groups is 3. The minimum absolute atomic E-state index is 0.0543. The van der Waals surface area contributed by atoms with Gasteiger partial charge in [-0.3, -0.25) is 14.4 Å². The highest BCUT2D eigenvalue weighted by Gasteiger charge is 2.22. The fraction of sp³-hybridized carbons (Fsp3) is 0.238. The number of carbonyl (C=O) groups excluding carboxylic acids is 3. The highest BCUT2D eigenvalue weighted by atomic mass is 19.1. The standard InChI is InChI=1S/C21H22FN5O3/c22-14-7-5-13(6-8-14)20(29)27-17(9-10-18(23)28)21(30)24-12-11-19-25-15-3-1-2-4-16(15)26-19/h1-8,17H,9-12H2,(H2,23,28)(H,24,30)(H,25,26)(H,27,29). The van der Waals surface area contributed by atoms with Gasteiger partial charge in [-0.25, -0.2) is 9.37 Å². The van der Waals surface area contributed by atoms with Gasteiger partial charge < -0.3 is 21.4 Å². The molecule has 3 amide bonds. The molecule has 3 rings (SSSR count). The van der Waals surface area contributed by atoms with Crippen LogP contribution in [-0.4, -0.2) is 40.3 Å². The molecule has 1 aromatic heterocycles. The van der Waals surface area contributed by atoms with Crippen LogP contribution < -0.4 is 16.4 Å². The molecule has 156 valence electrons. The lowest BCUT2D eigenvalue weighted by Gasteiger charge is -2.18. The quantitative estimate of drug-likeness (QED) is 0.424. The third-order valence-electron chi connectivity index (χ3n) is 4.51. The summed E-state index contributed by atoms with van der Waals surface area (Å²) >= 11 is 0. The molecule has 0 fully saturated rings. The van der Waals surface area contributed by atoms with Gasteiger partial charge in [0.1, 0.15) is 17.7 Å². The zero-order valence-electron chi connectivity index (χ0n) is 16.2. The highest BCUT2D eigenvalue weighted by Crippen LogP contribution is 2.10. The second-order valence-electron chi connectivity index (χ2n) is 6.78. The number of aromatic nitrogens is 2. The molecule has 0 aliphatic heterocycles. The normalized spacial score (nSPS) is 11.8. The molecule has 0 bridgehead atoms. The molecule has 0 aliphatic carbocycles. The predicted molar refractivity (Wildman–Crippen MR) is 109 cm³/mol. The molecule has 30 heavy (non-hydrogen) atoms. The van der Waals surface area contributed by atoms with Crippen molar-refractivity contribution in [3.63, 3.8) is 0 Å². The van der Waals surface area contributed by atoms with Crippen LogP contribution >= 0.6 is 0 Å². The van der Waals surface area contributed by atoms with Crippen LogP contribution in [0.1, 0.15) is 29.0 Å². The van der Waals surface area contributed by atoms with E-state index in [0.717, 1.165) is 29.0 Å². The Labute approximate surface area is 172 Å². The first-order valence-corrected chi connectivity index (χ1v) is 9.48. The smallest absolute Gasteiger partial charge is 0.251 e. The predicted octanol–water partition coefficient (Wildman–Crippen LogP) is 1.42. The molecule has 8 nitrogen and oxygen atoms in total. The van der Waals surface area contributed by atoms with Gasteiger partial charge in [-0.1, -0.05) is 12.1 Å². The number of nitrogens with zero attached hydrogens (tertiary/aromatic N) is 1. The molecule has 2 aromatic carbocycles. The first kappa shape index (κ1) is 21.0. The second kappa shape index (κ2) is 9.64. The summed E-state index contributed by atoms with van der Waals surface area (Å²) in [5, 5.41) is 5.31. The first-order chi connectivity index (χ1) is 14.4. The van der Waals surface area contributed by atoms with Crippen molar-refractivity contribution in [1.29, 1.82) is 0 Å². The third kappa shape index (κ3) is 5.63. The number of hydrogen-bond donors (Lipinski definition) is 4. The molecule has 1 unspecified atom stereocenters. The van der Waals surface area contributed by atoms with E-state index >= 15 is 0 Å². The van der Waals surface area contributed by atoms with E-state index in [1.807, 2.05) is 24.3 Å². The summed E-state index contributed by atoms with van der Waals surface area (Å²) in [6.07, 6.45) is 0.457. The third-order valence-corrected chi connectivity index (χ3v) is 4.51. The van der Waals surface area contributed by atoms with Crippen LogP contribution in [0.3, 0.4) is 0 Å². The van der Waals surface area contributed by atoms with Gasteiger partial charge in [0.05, 0.1) is 11.0 Å². The van der Waals surface area contributed by atoms with E-state index in [1.54, 1.807) is 0 Å². The maximum atomic E-state index is 13.0. The Hall–Kier alpha value is -3.75. The minimum atomic E-state index is -0.953. The van der Waals surface area contributed by atoms with Crippen LogP contribution in [-0.2, 0) is 16.0 Å². The largest absolute Gasteiger partial charge is 0.370 e. The Morgan fingerprint density at radius 3 is 2.53 bits per heavy atom. The average Bonchev–Trinajstić information content (AvgIpc) is 3.14. The van der Waals surface area contributed by atoms with Gasteiger partial charge in [0, 0.05) is 24.9 Å². The summed E-state index contributed by atoms with van der Waals surface area (Å²) < 4.78 is 13.0. The summed E-state index contributed by atoms with van der Waals surface area (Å²) in [5.74, 6) is -1.31. The maximum Gasteiger partial charge on any atom is 0.251 e. The van der Waals surface area contributed by atoms with Gasteiger partial charge >= 0.3 is 0 Å². The number of imidazole rings is 1. The SMILES string of the molecule is NC(=O)CCC(NC(=O)c1ccc(F)cc1)C(=O)NCCc1nc2ccccc2[nH]1. The second-order valence-corrected chi connectivity index (χ2v) is 6.78. The van der Waals surface area contributed by atoms with E-state index in [1.165, 1.54) is 12.1 Å². The summed E-state index contributed by atoms with van der Waals surface area (Å²) in [4.78, 5) is 43.7. The zero-order chi connectivity index (χ0) is 21.5. The summed E-state index contributed by atoms with van der Waals surface area (Å²) in [5.41, 5.74) is 7.12. The number of fused-ring (bicyclic) bond motifs is 1. The number of aromatic amines is 1. The molecule has 9 heteroatoms. The number of nitrogens with two attached hydrogens (primary N) is 1. The van der Waals surface area contributed by atoms with E-state index in [4.69, 9.17) is 5.73 Å². The fourth-order valence-corrected chi connectivity index (χ4v) is 2.95. The van der Waals surface area contributed by atoms with Crippen molar-refractivity contribution in [3.05, 3.63) is 65.7 Å². The Morgan fingerprint density at radius 1 is 1.10 bits per heavy atom. The Balaban J connectivity index is 1.58. The molecule has 0 spiro atoms. The molecular weight excluding hydrogens is 389 g/mol. The number of benzene rings is 2. The van der Waals surface area contributed by atoms with Crippen LogP contribution in [0, 0.1) is 5.82 Å². The van der Waals surface area contributed by atoms with Crippen LogP contribution in [0.4, 0.5) is 4.39 Å². The number of primary amides is 1. The molecule has 0 aliphatic rings. The van der Waals surface area contributed by atoms with Gasteiger partial charge in [-0.15, -0.1) is 0 Å². The van der Waals surface area contributed by atoms with Gasteiger partial charge in [-0.2, -0.15) is 0 Å². The number of para-hydroxylation sites is 2. The van der Waals surface area contributed by atoms with Gasteiger partial charge in [0.15, 0.2) is 0 Å². The molecule has 5 N–H and O–H groups in total. The van der Waals surface area contributed by atoms with Crippen molar-refractivity contribution in [2.45, 2.75) is 25.3 Å². The summed E-state index contributed by atoms with van der Waals surface area (Å²) in [7, 11) is 0. The van der Waals surface area contributed by atoms with Crippen molar-refractivity contribution in [1.82, 2.24) is 20.6 Å². The molecular formula is C21H22FN5O3. The Bertz CT molecular complexity index is 1020. The van der Waals surface area contributed by atoms with Gasteiger partial charge in [-0.05, 0) is 42.8 Å². The number of nitrogens with one attached hydrogen (secondary N) is 3. The molecule has 3 aromatic rings. The highest BCUT2D eigenvalue weighted by molar-refractivity contribution is 5.97. The van der Waals surface area contributed by atoms with Crippen molar-refractivity contribution in [2.24, 2.45) is 5.73 Å². The number of H-pyrrole nitrogens is 1. The van der Waals surface area contributed by atoms with Gasteiger partial charge in [0.2, 0.25) is 11.8 Å². The van der Waals surface area contributed by atoms with E-state index in [9.17, 15) is 18.8 Å². The number of hydrogen-bond acceptors (Lipinski definition) is 4. The monoisotopic (exact) mass is 411 g/mol. The minimum Gasteiger partial charge on any atom is -0.370 e.